The van der Waals surface area contributed by atoms with E-state index >= 15 is 0 Å². The molecule has 2 fully saturated rings. The molecule has 2 aliphatic rings. The molecule has 88 valence electrons. The summed E-state index contributed by atoms with van der Waals surface area (Å²) in [5, 5.41) is 13.4. The number of likely N-dealkylation sites (N-methyl/N-ethyl adjacent to an activating group) is 1. The Hall–Kier alpha value is -0.160. The van der Waals surface area contributed by atoms with Crippen LogP contribution in [0.15, 0.2) is 0 Å². The molecule has 4 heteroatoms. The molecule has 2 atom stereocenters. The van der Waals surface area contributed by atoms with Gasteiger partial charge in [-0.25, -0.2) is 0 Å². The molecule has 2 saturated heterocycles. The van der Waals surface area contributed by atoms with E-state index in [0.29, 0.717) is 6.10 Å². The first-order valence-corrected chi connectivity index (χ1v) is 5.91. The van der Waals surface area contributed by atoms with Gasteiger partial charge in [-0.05, 0) is 32.9 Å². The summed E-state index contributed by atoms with van der Waals surface area (Å²) in [7, 11) is 2.07. The summed E-state index contributed by atoms with van der Waals surface area (Å²) >= 11 is 0. The van der Waals surface area contributed by atoms with Crippen molar-refractivity contribution in [1.82, 2.24) is 10.2 Å². The predicted octanol–water partition coefficient (Wildman–Crippen LogP) is -0.178. The molecule has 2 unspecified atom stereocenters. The first-order valence-electron chi connectivity index (χ1n) is 5.91. The fourth-order valence-electron chi connectivity index (χ4n) is 2.57. The van der Waals surface area contributed by atoms with E-state index < -0.39 is 5.60 Å². The monoisotopic (exact) mass is 214 g/mol. The van der Waals surface area contributed by atoms with Gasteiger partial charge in [0.2, 0.25) is 0 Å². The van der Waals surface area contributed by atoms with Gasteiger partial charge in [-0.3, -0.25) is 0 Å². The Kier molecular flexibility index (Phi) is 3.61. The normalized spacial score (nSPS) is 36.6. The van der Waals surface area contributed by atoms with Crippen LogP contribution in [-0.2, 0) is 4.74 Å². The summed E-state index contributed by atoms with van der Waals surface area (Å²) in [6.45, 7) is 4.26. The lowest BCUT2D eigenvalue weighted by atomic mass is 10.0. The highest BCUT2D eigenvalue weighted by atomic mass is 16.5. The van der Waals surface area contributed by atoms with Crippen LogP contribution in [0.4, 0.5) is 0 Å². The Morgan fingerprint density at radius 3 is 3.07 bits per heavy atom. The van der Waals surface area contributed by atoms with Crippen molar-refractivity contribution in [3.05, 3.63) is 0 Å². The molecule has 0 aromatic carbocycles. The molecule has 2 heterocycles. The van der Waals surface area contributed by atoms with Gasteiger partial charge in [-0.15, -0.1) is 0 Å². The fourth-order valence-corrected chi connectivity index (χ4v) is 2.57. The molecule has 0 radical (unpaired) electrons. The van der Waals surface area contributed by atoms with Crippen molar-refractivity contribution < 1.29 is 9.84 Å². The lowest BCUT2D eigenvalue weighted by Crippen LogP contribution is -2.45. The van der Waals surface area contributed by atoms with Crippen LogP contribution < -0.4 is 5.32 Å². The standard InChI is InChI=1S/C11H22N2O2/c1-13(7-10-3-2-6-15-10)9-11(14)4-5-12-8-11/h10,12,14H,2-9H2,1H3. The summed E-state index contributed by atoms with van der Waals surface area (Å²) in [4.78, 5) is 2.20. The lowest BCUT2D eigenvalue weighted by Gasteiger charge is -2.29. The maximum Gasteiger partial charge on any atom is 0.0909 e. The molecule has 4 nitrogen and oxygen atoms in total. The highest BCUT2D eigenvalue weighted by Gasteiger charge is 2.32. The van der Waals surface area contributed by atoms with Crippen LogP contribution in [0.5, 0.6) is 0 Å². The average Bonchev–Trinajstić information content (AvgIpc) is 2.76. The van der Waals surface area contributed by atoms with Crippen LogP contribution in [0.2, 0.25) is 0 Å². The highest BCUT2D eigenvalue weighted by molar-refractivity contribution is 4.90. The largest absolute Gasteiger partial charge is 0.387 e. The van der Waals surface area contributed by atoms with Gasteiger partial charge in [0.05, 0.1) is 11.7 Å². The molecular weight excluding hydrogens is 192 g/mol. The summed E-state index contributed by atoms with van der Waals surface area (Å²) in [6, 6.07) is 0. The van der Waals surface area contributed by atoms with Gasteiger partial charge in [0.25, 0.3) is 0 Å². The van der Waals surface area contributed by atoms with E-state index in [1.165, 1.54) is 12.8 Å². The van der Waals surface area contributed by atoms with Gasteiger partial charge >= 0.3 is 0 Å². The van der Waals surface area contributed by atoms with Crippen LogP contribution in [0, 0.1) is 0 Å². The molecule has 0 aliphatic carbocycles. The zero-order valence-electron chi connectivity index (χ0n) is 9.54. The Morgan fingerprint density at radius 2 is 2.47 bits per heavy atom. The molecule has 0 saturated carbocycles. The van der Waals surface area contributed by atoms with Crippen LogP contribution >= 0.6 is 0 Å². The Labute approximate surface area is 91.6 Å². The number of β-amino-alcohol motifs (C(OH)–C–C–N with tert-alkyl or cyclic N) is 1. The van der Waals surface area contributed by atoms with Crippen molar-refractivity contribution in [2.75, 3.05) is 39.8 Å². The molecular formula is C11H22N2O2. The number of hydrogen-bond acceptors (Lipinski definition) is 4. The zero-order valence-corrected chi connectivity index (χ0v) is 9.54. The Morgan fingerprint density at radius 1 is 1.60 bits per heavy atom. The van der Waals surface area contributed by atoms with E-state index in [2.05, 4.69) is 17.3 Å². The third kappa shape index (κ3) is 3.14. The van der Waals surface area contributed by atoms with Crippen molar-refractivity contribution in [2.24, 2.45) is 0 Å². The van der Waals surface area contributed by atoms with Crippen molar-refractivity contribution in [1.29, 1.82) is 0 Å². The number of aliphatic hydroxyl groups is 1. The smallest absolute Gasteiger partial charge is 0.0909 e. The van der Waals surface area contributed by atoms with Crippen LogP contribution in [0.1, 0.15) is 19.3 Å². The van der Waals surface area contributed by atoms with Gasteiger partial charge in [0.15, 0.2) is 0 Å². The van der Waals surface area contributed by atoms with Gasteiger partial charge in [-0.1, -0.05) is 0 Å². The van der Waals surface area contributed by atoms with Crippen molar-refractivity contribution in [3.8, 4) is 0 Å². The molecule has 0 spiro atoms. The van der Waals surface area contributed by atoms with E-state index in [1.54, 1.807) is 0 Å². The van der Waals surface area contributed by atoms with Crippen LogP contribution in [0.3, 0.4) is 0 Å². The van der Waals surface area contributed by atoms with Crippen LogP contribution in [-0.4, -0.2) is 61.5 Å². The number of ether oxygens (including phenoxy) is 1. The summed E-state index contributed by atoms with van der Waals surface area (Å²) in [5.41, 5.74) is -0.520. The van der Waals surface area contributed by atoms with E-state index in [4.69, 9.17) is 4.74 Å². The maximum atomic E-state index is 10.2. The second-order valence-corrected chi connectivity index (χ2v) is 4.98. The number of rotatable bonds is 4. The lowest BCUT2D eigenvalue weighted by molar-refractivity contribution is 0.0102. The number of hydrogen-bond donors (Lipinski definition) is 2. The second kappa shape index (κ2) is 4.78. The zero-order chi connectivity index (χ0) is 10.7. The highest BCUT2D eigenvalue weighted by Crippen LogP contribution is 2.17. The van der Waals surface area contributed by atoms with Crippen molar-refractivity contribution >= 4 is 0 Å². The minimum Gasteiger partial charge on any atom is -0.387 e. The van der Waals surface area contributed by atoms with E-state index in [1.807, 2.05) is 0 Å². The summed E-state index contributed by atoms with van der Waals surface area (Å²) in [6.07, 6.45) is 3.60. The predicted molar refractivity (Wildman–Crippen MR) is 58.9 cm³/mol. The molecule has 0 aromatic rings. The van der Waals surface area contributed by atoms with Crippen molar-refractivity contribution in [3.63, 3.8) is 0 Å². The molecule has 2 rings (SSSR count). The molecule has 2 N–H and O–H groups in total. The minimum atomic E-state index is -0.520. The number of nitrogens with one attached hydrogen (secondary N) is 1. The molecule has 15 heavy (non-hydrogen) atoms. The summed E-state index contributed by atoms with van der Waals surface area (Å²) in [5.74, 6) is 0. The van der Waals surface area contributed by atoms with Gasteiger partial charge < -0.3 is 20.1 Å². The number of nitrogens with zero attached hydrogens (tertiary/aromatic N) is 1. The third-order valence-corrected chi connectivity index (χ3v) is 3.32. The molecule has 0 aromatic heterocycles. The van der Waals surface area contributed by atoms with Crippen molar-refractivity contribution in [2.45, 2.75) is 31.0 Å². The van der Waals surface area contributed by atoms with E-state index in [9.17, 15) is 5.11 Å². The van der Waals surface area contributed by atoms with E-state index in [-0.39, 0.29) is 0 Å². The molecule has 2 aliphatic heterocycles. The van der Waals surface area contributed by atoms with Gasteiger partial charge in [0.1, 0.15) is 0 Å². The quantitative estimate of drug-likeness (QED) is 0.681. The van der Waals surface area contributed by atoms with Gasteiger partial charge in [0, 0.05) is 26.2 Å². The third-order valence-electron chi connectivity index (χ3n) is 3.32. The average molecular weight is 214 g/mol. The SMILES string of the molecule is CN(CC1CCCO1)CC1(O)CCNC1. The molecule has 0 bridgehead atoms. The van der Waals surface area contributed by atoms with Gasteiger partial charge in [-0.2, -0.15) is 0 Å². The first-order chi connectivity index (χ1) is 7.18. The van der Waals surface area contributed by atoms with Crippen LogP contribution in [0.25, 0.3) is 0 Å². The van der Waals surface area contributed by atoms with E-state index in [0.717, 1.165) is 39.2 Å². The summed E-state index contributed by atoms with van der Waals surface area (Å²) < 4.78 is 5.58. The second-order valence-electron chi connectivity index (χ2n) is 4.98. The minimum absolute atomic E-state index is 0.382. The topological polar surface area (TPSA) is 44.7 Å². The Bertz CT molecular complexity index is 199. The Balaban J connectivity index is 1.73. The molecule has 0 amide bonds. The first kappa shape index (κ1) is 11.3. The maximum absolute atomic E-state index is 10.2. The fraction of sp³-hybridized carbons (Fsp3) is 1.00.